The van der Waals surface area contributed by atoms with Crippen molar-refractivity contribution in [2.45, 2.75) is 63.5 Å². The van der Waals surface area contributed by atoms with Gasteiger partial charge in [0.2, 0.25) is 12.3 Å². The molecule has 9 nitrogen and oxygen atoms in total. The van der Waals surface area contributed by atoms with Crippen molar-refractivity contribution in [1.82, 2.24) is 20.2 Å². The number of hydrogen-bond acceptors (Lipinski definition) is 6. The monoisotopic (exact) mass is 649 g/mol. The van der Waals surface area contributed by atoms with Crippen LogP contribution in [0.4, 0.5) is 19.0 Å². The Balaban J connectivity index is 1.48. The minimum atomic E-state index is -1.47. The third-order valence-electron chi connectivity index (χ3n) is 9.05. The van der Waals surface area contributed by atoms with Crippen LogP contribution in [0.5, 0.6) is 0 Å². The van der Waals surface area contributed by atoms with Gasteiger partial charge in [0.05, 0.1) is 5.56 Å². The van der Waals surface area contributed by atoms with Crippen LogP contribution in [0.2, 0.25) is 0 Å². The molecule has 7 bridgehead atoms. The van der Waals surface area contributed by atoms with Gasteiger partial charge in [0.15, 0.2) is 11.7 Å². The summed E-state index contributed by atoms with van der Waals surface area (Å²) in [5.41, 5.74) is 2.99. The molecule has 0 unspecified atom stereocenters. The standard InChI is InChI=1S/C35H38F3N5O4/c1-20(36)31(32(38)21(2)37)27-16-30-35(46)43(22(27)3)9-7-11-47-10-6-4-5-8-23-12-28(33(40-17-23)41-19-44)24-13-25-14-26(34(45)42-30)18-39-29(25)15-24/h5,8,12,14,17-19,22,24,27,30H,1-2,4,6-7,9-11,13,15-16H2,3H3,(H,42,45)(H,40,41,44)/b8-5+,32-31-/t22-,24-,27-,30+/m1/s1. The Kier molecular flexibility index (Phi) is 10.7. The summed E-state index contributed by atoms with van der Waals surface area (Å²) in [6.07, 6.45) is 10.6. The van der Waals surface area contributed by atoms with Gasteiger partial charge in [-0.1, -0.05) is 25.3 Å². The Morgan fingerprint density at radius 1 is 1.09 bits per heavy atom. The van der Waals surface area contributed by atoms with E-state index in [1.165, 1.54) is 11.1 Å². The fraction of sp³-hybridized carbons (Fsp3) is 0.400. The van der Waals surface area contributed by atoms with Crippen molar-refractivity contribution in [1.29, 1.82) is 0 Å². The van der Waals surface area contributed by atoms with Crippen LogP contribution < -0.4 is 10.6 Å². The van der Waals surface area contributed by atoms with Crippen LogP contribution in [0.25, 0.3) is 6.08 Å². The second kappa shape index (κ2) is 14.9. The molecule has 0 saturated carbocycles. The lowest BCUT2D eigenvalue weighted by molar-refractivity contribution is -0.140. The predicted molar refractivity (Wildman–Crippen MR) is 171 cm³/mol. The lowest BCUT2D eigenvalue weighted by atomic mass is 9.80. The van der Waals surface area contributed by atoms with E-state index in [4.69, 9.17) is 4.74 Å². The highest BCUT2D eigenvalue weighted by atomic mass is 19.2. The van der Waals surface area contributed by atoms with Gasteiger partial charge in [0.25, 0.3) is 5.91 Å². The van der Waals surface area contributed by atoms with Crippen LogP contribution in [0.15, 0.2) is 66.8 Å². The van der Waals surface area contributed by atoms with Gasteiger partial charge < -0.3 is 20.3 Å². The number of hydrogen-bond donors (Lipinski definition) is 2. The molecule has 47 heavy (non-hydrogen) atoms. The zero-order valence-corrected chi connectivity index (χ0v) is 26.2. The van der Waals surface area contributed by atoms with Crippen LogP contribution in [-0.2, 0) is 27.2 Å². The first-order chi connectivity index (χ1) is 22.6. The summed E-state index contributed by atoms with van der Waals surface area (Å²) < 4.78 is 49.3. The summed E-state index contributed by atoms with van der Waals surface area (Å²) in [4.78, 5) is 49.1. The van der Waals surface area contributed by atoms with Gasteiger partial charge in [-0.3, -0.25) is 19.4 Å². The summed E-state index contributed by atoms with van der Waals surface area (Å²) in [6, 6.07) is 1.83. The largest absolute Gasteiger partial charge is 0.381 e. The molecule has 12 heteroatoms. The summed E-state index contributed by atoms with van der Waals surface area (Å²) in [5.74, 6) is -5.71. The van der Waals surface area contributed by atoms with Crippen LogP contribution in [0.3, 0.4) is 0 Å². The van der Waals surface area contributed by atoms with E-state index in [1.807, 2.05) is 18.2 Å². The molecule has 0 spiro atoms. The number of pyridine rings is 2. The highest BCUT2D eigenvalue weighted by Gasteiger charge is 2.43. The summed E-state index contributed by atoms with van der Waals surface area (Å²) >= 11 is 0. The smallest absolute Gasteiger partial charge is 0.253 e. The number of halogens is 3. The minimum Gasteiger partial charge on any atom is -0.381 e. The van der Waals surface area contributed by atoms with Crippen molar-refractivity contribution in [3.05, 3.63) is 94.8 Å². The van der Waals surface area contributed by atoms with E-state index in [-0.39, 0.29) is 24.4 Å². The Labute approximate surface area is 271 Å². The Bertz CT molecular complexity index is 1640. The number of fused-ring (bicyclic) bond motifs is 7. The molecule has 3 amide bonds. The predicted octanol–water partition coefficient (Wildman–Crippen LogP) is 5.67. The van der Waals surface area contributed by atoms with Gasteiger partial charge in [-0.2, -0.15) is 0 Å². The van der Waals surface area contributed by atoms with Gasteiger partial charge in [-0.15, -0.1) is 0 Å². The number of carbonyl (C=O) groups excluding carboxylic acids is 3. The van der Waals surface area contributed by atoms with Crippen molar-refractivity contribution in [2.24, 2.45) is 5.92 Å². The third-order valence-corrected chi connectivity index (χ3v) is 9.05. The van der Waals surface area contributed by atoms with Crippen LogP contribution in [-0.4, -0.2) is 64.9 Å². The second-order valence-corrected chi connectivity index (χ2v) is 12.1. The molecule has 3 aliphatic rings. The summed E-state index contributed by atoms with van der Waals surface area (Å²) in [6.45, 7) is 8.83. The maximum Gasteiger partial charge on any atom is 0.253 e. The molecule has 0 radical (unpaired) electrons. The number of ether oxygens (including phenoxy) is 1. The first kappa shape index (κ1) is 33.8. The lowest BCUT2D eigenvalue weighted by Gasteiger charge is -2.43. The minimum absolute atomic E-state index is 0.0553. The number of allylic oxidation sites excluding steroid dienone is 4. The zero-order valence-electron chi connectivity index (χ0n) is 26.2. The molecule has 2 aromatic heterocycles. The van der Waals surface area contributed by atoms with E-state index < -0.39 is 52.9 Å². The normalized spacial score (nSPS) is 24.7. The molecule has 1 aliphatic carbocycles. The van der Waals surface area contributed by atoms with Gasteiger partial charge in [-0.05, 0) is 80.2 Å². The number of nitrogens with one attached hydrogen (secondary N) is 2. The molecule has 248 valence electrons. The van der Waals surface area contributed by atoms with Gasteiger partial charge in [-0.25, -0.2) is 18.2 Å². The van der Waals surface area contributed by atoms with Gasteiger partial charge in [0, 0.05) is 55.4 Å². The molecule has 4 atom stereocenters. The van der Waals surface area contributed by atoms with Crippen LogP contribution >= 0.6 is 0 Å². The van der Waals surface area contributed by atoms with Crippen LogP contribution in [0.1, 0.15) is 71.3 Å². The molecule has 4 heterocycles. The lowest BCUT2D eigenvalue weighted by Crippen LogP contribution is -2.59. The fourth-order valence-corrected chi connectivity index (χ4v) is 6.69. The first-order valence-electron chi connectivity index (χ1n) is 15.7. The highest BCUT2D eigenvalue weighted by molar-refractivity contribution is 5.98. The SMILES string of the molecule is C=C(F)/C(F)=C(\C(=C)F)[C@@H]1C[C@@H]2NC(=O)c3cnc4c(c3)C[C@H](C4)c3cc(cnc3NC=O)/C=C/CCCOCCCN(C2=O)[C@@H]1C. The average Bonchev–Trinajstić information content (AvgIpc) is 3.47. The first-order valence-corrected chi connectivity index (χ1v) is 15.7. The maximum atomic E-state index is 14.9. The average molecular weight is 650 g/mol. The molecule has 1 saturated heterocycles. The van der Waals surface area contributed by atoms with E-state index in [9.17, 15) is 27.6 Å². The Hall–Kier alpha value is -4.58. The number of piperidine rings is 1. The van der Waals surface area contributed by atoms with E-state index in [1.54, 1.807) is 19.2 Å². The van der Waals surface area contributed by atoms with Crippen molar-refractivity contribution >= 4 is 30.1 Å². The number of rotatable bonds is 5. The molecule has 2 N–H and O–H groups in total. The molecule has 5 rings (SSSR count). The van der Waals surface area contributed by atoms with Crippen molar-refractivity contribution < 1.29 is 32.3 Å². The van der Waals surface area contributed by atoms with Gasteiger partial charge >= 0.3 is 0 Å². The number of carbonyl (C=O) groups is 3. The topological polar surface area (TPSA) is 114 Å². The second-order valence-electron chi connectivity index (χ2n) is 12.1. The molecule has 1 fully saturated rings. The molecule has 2 aliphatic heterocycles. The number of anilines is 1. The summed E-state index contributed by atoms with van der Waals surface area (Å²) in [5, 5.41) is 5.43. The third kappa shape index (κ3) is 7.54. The van der Waals surface area contributed by atoms with Gasteiger partial charge in [0.1, 0.15) is 17.7 Å². The van der Waals surface area contributed by atoms with E-state index in [2.05, 4.69) is 33.8 Å². The van der Waals surface area contributed by atoms with Crippen LogP contribution in [0, 0.1) is 5.92 Å². The number of amides is 3. The Morgan fingerprint density at radius 2 is 1.87 bits per heavy atom. The highest BCUT2D eigenvalue weighted by Crippen LogP contribution is 2.39. The maximum absolute atomic E-state index is 14.9. The quantitative estimate of drug-likeness (QED) is 0.319. The van der Waals surface area contributed by atoms with Crippen molar-refractivity contribution in [3.8, 4) is 0 Å². The fourth-order valence-electron chi connectivity index (χ4n) is 6.69. The molecular formula is C35H38F3N5O4. The van der Waals surface area contributed by atoms with E-state index in [0.29, 0.717) is 44.7 Å². The molecular weight excluding hydrogens is 611 g/mol. The zero-order chi connectivity index (χ0) is 33.7. The van der Waals surface area contributed by atoms with E-state index >= 15 is 0 Å². The number of nitrogens with zero attached hydrogens (tertiary/aromatic N) is 3. The van der Waals surface area contributed by atoms with E-state index in [0.717, 1.165) is 35.2 Å². The Morgan fingerprint density at radius 3 is 2.62 bits per heavy atom. The molecule has 0 aromatic carbocycles. The van der Waals surface area contributed by atoms with Crippen molar-refractivity contribution in [2.75, 3.05) is 25.1 Å². The summed E-state index contributed by atoms with van der Waals surface area (Å²) in [7, 11) is 0. The van der Waals surface area contributed by atoms with Crippen molar-refractivity contribution in [3.63, 3.8) is 0 Å². The number of aromatic nitrogens is 2. The molecule has 2 aromatic rings.